The molecule has 4 rings (SSSR count). The first-order chi connectivity index (χ1) is 14.7. The van der Waals surface area contributed by atoms with E-state index in [4.69, 9.17) is 9.72 Å². The average Bonchev–Trinajstić information content (AvgIpc) is 3.14. The molecule has 5 heteroatoms. The summed E-state index contributed by atoms with van der Waals surface area (Å²) in [6.45, 7) is 7.39. The molecule has 0 unspecified atom stereocenters. The van der Waals surface area contributed by atoms with Gasteiger partial charge in [-0.25, -0.2) is 4.98 Å². The highest BCUT2D eigenvalue weighted by molar-refractivity contribution is 5.80. The lowest BCUT2D eigenvalue weighted by Gasteiger charge is -2.21. The number of aryl methyl sites for hydroxylation is 3. The van der Waals surface area contributed by atoms with E-state index in [0.29, 0.717) is 6.54 Å². The summed E-state index contributed by atoms with van der Waals surface area (Å²) in [6.07, 6.45) is 6.44. The summed E-state index contributed by atoms with van der Waals surface area (Å²) in [5.41, 5.74) is 5.65. The van der Waals surface area contributed by atoms with Crippen molar-refractivity contribution < 1.29 is 4.74 Å². The molecule has 0 bridgehead atoms. The zero-order valence-electron chi connectivity index (χ0n) is 17.9. The van der Waals surface area contributed by atoms with Gasteiger partial charge in [-0.3, -0.25) is 4.98 Å². The van der Waals surface area contributed by atoms with E-state index in [1.807, 2.05) is 25.3 Å². The van der Waals surface area contributed by atoms with E-state index >= 15 is 0 Å². The molecule has 1 fully saturated rings. The molecule has 1 aliphatic rings. The molecule has 1 aromatic carbocycles. The molecular weight excluding hydrogens is 372 g/mol. The first-order valence-corrected chi connectivity index (χ1v) is 11.0. The summed E-state index contributed by atoms with van der Waals surface area (Å²) >= 11 is 0. The van der Waals surface area contributed by atoms with Gasteiger partial charge in [0.25, 0.3) is 0 Å². The van der Waals surface area contributed by atoms with Crippen LogP contribution < -0.4 is 5.32 Å². The van der Waals surface area contributed by atoms with Gasteiger partial charge in [0.1, 0.15) is 0 Å². The molecule has 1 aliphatic heterocycles. The average molecular weight is 403 g/mol. The molecule has 5 nitrogen and oxygen atoms in total. The third-order valence-electron chi connectivity index (χ3n) is 5.82. The molecule has 1 N–H and O–H groups in total. The van der Waals surface area contributed by atoms with Crippen LogP contribution in [0.3, 0.4) is 0 Å². The summed E-state index contributed by atoms with van der Waals surface area (Å²) < 4.78 is 7.72. The topological polar surface area (TPSA) is 52.0 Å². The third kappa shape index (κ3) is 4.83. The third-order valence-corrected chi connectivity index (χ3v) is 5.82. The molecule has 0 spiro atoms. The maximum Gasteiger partial charge on any atom is 0.186 e. The number of aromatic nitrogens is 3. The lowest BCUT2D eigenvalue weighted by Crippen LogP contribution is -2.16. The van der Waals surface area contributed by atoms with E-state index in [9.17, 15) is 0 Å². The fourth-order valence-electron chi connectivity index (χ4n) is 4.14. The molecule has 3 heterocycles. The largest absolute Gasteiger partial charge is 0.381 e. The number of rotatable bonds is 6. The summed E-state index contributed by atoms with van der Waals surface area (Å²) in [5, 5.41) is 3.33. The number of hydrogen-bond acceptors (Lipinski definition) is 4. The zero-order valence-corrected chi connectivity index (χ0v) is 17.9. The van der Waals surface area contributed by atoms with Crippen molar-refractivity contribution in [2.45, 2.75) is 46.1 Å². The van der Waals surface area contributed by atoms with Crippen LogP contribution in [0.1, 0.15) is 43.3 Å². The Morgan fingerprint density at radius 3 is 2.90 bits per heavy atom. The number of fused-ring (bicyclic) bond motifs is 1. The molecule has 0 atom stereocenters. The minimum Gasteiger partial charge on any atom is -0.381 e. The predicted molar refractivity (Wildman–Crippen MR) is 122 cm³/mol. The Hall–Kier alpha value is -2.84. The smallest absolute Gasteiger partial charge is 0.186 e. The number of nitrogens with zero attached hydrogens (tertiary/aromatic N) is 3. The maximum atomic E-state index is 5.50. The number of imidazole rings is 1. The molecule has 0 amide bonds. The molecule has 1 saturated heterocycles. The molecule has 156 valence electrons. The van der Waals surface area contributed by atoms with E-state index in [-0.39, 0.29) is 0 Å². The van der Waals surface area contributed by atoms with E-state index in [1.54, 1.807) is 0 Å². The van der Waals surface area contributed by atoms with E-state index in [0.717, 1.165) is 54.8 Å². The van der Waals surface area contributed by atoms with Gasteiger partial charge in [-0.2, -0.15) is 0 Å². The SMILES string of the molecule is CCn1c(C#CCNc2ccnc(C)c2)nc2c(CCC3CCOCC3)cccc21. The van der Waals surface area contributed by atoms with Gasteiger partial charge in [0.2, 0.25) is 0 Å². The molecule has 0 aliphatic carbocycles. The predicted octanol–water partition coefficient (Wildman–Crippen LogP) is 4.58. The highest BCUT2D eigenvalue weighted by Gasteiger charge is 2.16. The van der Waals surface area contributed by atoms with Crippen molar-refractivity contribution in [3.05, 3.63) is 53.6 Å². The van der Waals surface area contributed by atoms with Gasteiger partial charge in [0, 0.05) is 37.3 Å². The fourth-order valence-corrected chi connectivity index (χ4v) is 4.14. The van der Waals surface area contributed by atoms with Crippen LogP contribution >= 0.6 is 0 Å². The van der Waals surface area contributed by atoms with Crippen LogP contribution in [-0.4, -0.2) is 34.3 Å². The number of ether oxygens (including phenoxy) is 1. The Morgan fingerprint density at radius 1 is 1.23 bits per heavy atom. The van der Waals surface area contributed by atoms with E-state index < -0.39 is 0 Å². The summed E-state index contributed by atoms with van der Waals surface area (Å²) in [7, 11) is 0. The second kappa shape index (κ2) is 9.77. The van der Waals surface area contributed by atoms with E-state index in [2.05, 4.69) is 51.8 Å². The number of nitrogens with one attached hydrogen (secondary N) is 1. The summed E-state index contributed by atoms with van der Waals surface area (Å²) in [6, 6.07) is 10.5. The zero-order chi connectivity index (χ0) is 20.8. The Morgan fingerprint density at radius 2 is 2.10 bits per heavy atom. The second-order valence-electron chi connectivity index (χ2n) is 7.90. The molecule has 2 aromatic heterocycles. The van der Waals surface area contributed by atoms with Gasteiger partial charge in [-0.15, -0.1) is 0 Å². The van der Waals surface area contributed by atoms with Crippen LogP contribution in [0.5, 0.6) is 0 Å². The highest BCUT2D eigenvalue weighted by Crippen LogP contribution is 2.25. The van der Waals surface area contributed by atoms with Crippen LogP contribution in [0, 0.1) is 24.7 Å². The number of anilines is 1. The van der Waals surface area contributed by atoms with Gasteiger partial charge in [-0.1, -0.05) is 18.1 Å². The van der Waals surface area contributed by atoms with E-state index in [1.165, 1.54) is 30.3 Å². The quantitative estimate of drug-likeness (QED) is 0.613. The Kier molecular flexibility index (Phi) is 6.66. The summed E-state index contributed by atoms with van der Waals surface area (Å²) in [4.78, 5) is 9.15. The standard InChI is InChI=1S/C25H30N4O/c1-3-29-23-7-4-6-21(10-9-20-12-16-30-17-13-20)25(23)28-24(29)8-5-14-27-22-11-15-26-19(2)18-22/h4,6-7,11,15,18,20H,3,9-10,12-14,16-17H2,1-2H3,(H,26,27). The van der Waals surface area contributed by atoms with Crippen molar-refractivity contribution >= 4 is 16.7 Å². The van der Waals surface area contributed by atoms with Gasteiger partial charge < -0.3 is 14.6 Å². The Bertz CT molecular complexity index is 1050. The summed E-state index contributed by atoms with van der Waals surface area (Å²) in [5.74, 6) is 8.12. The highest BCUT2D eigenvalue weighted by atomic mass is 16.5. The number of hydrogen-bond donors (Lipinski definition) is 1. The van der Waals surface area contributed by atoms with Gasteiger partial charge in [0.15, 0.2) is 5.82 Å². The van der Waals surface area contributed by atoms with Crippen LogP contribution in [0.4, 0.5) is 5.69 Å². The van der Waals surface area contributed by atoms with Gasteiger partial charge >= 0.3 is 0 Å². The van der Waals surface area contributed by atoms with Crippen LogP contribution in [0.2, 0.25) is 0 Å². The van der Waals surface area contributed by atoms with Crippen LogP contribution in [0.15, 0.2) is 36.5 Å². The number of para-hydroxylation sites is 1. The number of benzene rings is 1. The molecular formula is C25H30N4O. The van der Waals surface area contributed by atoms with Crippen molar-refractivity contribution in [1.82, 2.24) is 14.5 Å². The normalized spacial score (nSPS) is 14.5. The first-order valence-electron chi connectivity index (χ1n) is 11.0. The molecule has 30 heavy (non-hydrogen) atoms. The van der Waals surface area contributed by atoms with Gasteiger partial charge in [0.05, 0.1) is 17.6 Å². The van der Waals surface area contributed by atoms with Crippen LogP contribution in [-0.2, 0) is 17.7 Å². The van der Waals surface area contributed by atoms with Crippen molar-refractivity contribution in [2.24, 2.45) is 5.92 Å². The first kappa shape index (κ1) is 20.4. The van der Waals surface area contributed by atoms with Gasteiger partial charge in [-0.05, 0) is 75.1 Å². The van der Waals surface area contributed by atoms with Crippen LogP contribution in [0.25, 0.3) is 11.0 Å². The fraction of sp³-hybridized carbons (Fsp3) is 0.440. The minimum atomic E-state index is 0.576. The van der Waals surface area contributed by atoms with Crippen molar-refractivity contribution in [1.29, 1.82) is 0 Å². The Balaban J connectivity index is 1.49. The number of pyridine rings is 1. The lowest BCUT2D eigenvalue weighted by molar-refractivity contribution is 0.0640. The minimum absolute atomic E-state index is 0.576. The lowest BCUT2D eigenvalue weighted by atomic mass is 9.92. The maximum absolute atomic E-state index is 5.50. The molecule has 3 aromatic rings. The van der Waals surface area contributed by atoms with Crippen molar-refractivity contribution in [2.75, 3.05) is 25.1 Å². The second-order valence-corrected chi connectivity index (χ2v) is 7.90. The molecule has 0 radical (unpaired) electrons. The molecule has 0 saturated carbocycles. The van der Waals surface area contributed by atoms with Crippen molar-refractivity contribution in [3.8, 4) is 11.8 Å². The monoisotopic (exact) mass is 402 g/mol. The van der Waals surface area contributed by atoms with Crippen molar-refractivity contribution in [3.63, 3.8) is 0 Å². The Labute approximate surface area is 178 Å².